The molecule has 142 valence electrons. The monoisotopic (exact) mass is 366 g/mol. The van der Waals surface area contributed by atoms with Gasteiger partial charge in [0.2, 0.25) is 0 Å². The van der Waals surface area contributed by atoms with Crippen LogP contribution < -0.4 is 10.1 Å². The van der Waals surface area contributed by atoms with Gasteiger partial charge in [-0.25, -0.2) is 0 Å². The van der Waals surface area contributed by atoms with Gasteiger partial charge in [0.25, 0.3) is 5.91 Å². The van der Waals surface area contributed by atoms with Gasteiger partial charge in [0.05, 0.1) is 13.2 Å². The molecule has 1 N–H and O–H groups in total. The summed E-state index contributed by atoms with van der Waals surface area (Å²) in [5.74, 6) is 0.857. The normalized spacial score (nSPS) is 12.3. The number of furan rings is 1. The van der Waals surface area contributed by atoms with Gasteiger partial charge in [-0.3, -0.25) is 4.79 Å². The molecule has 0 fully saturated rings. The average Bonchev–Trinajstić information content (AvgIpc) is 3.01. The molecular formula is C22H26N2O3. The van der Waals surface area contributed by atoms with Crippen molar-refractivity contribution in [1.29, 1.82) is 0 Å². The first-order chi connectivity index (χ1) is 13.0. The second-order valence-corrected chi connectivity index (χ2v) is 6.95. The summed E-state index contributed by atoms with van der Waals surface area (Å²) in [4.78, 5) is 15.1. The number of ether oxygens (including phenoxy) is 1. The summed E-state index contributed by atoms with van der Waals surface area (Å²) in [5, 5.41) is 4.07. The summed E-state index contributed by atoms with van der Waals surface area (Å²) >= 11 is 0. The Hall–Kier alpha value is -2.79. The molecule has 27 heavy (non-hydrogen) atoms. The Bertz CT molecular complexity index is 916. The highest BCUT2D eigenvalue weighted by Gasteiger charge is 2.22. The molecule has 3 aromatic rings. The number of rotatable bonds is 7. The lowest BCUT2D eigenvalue weighted by Gasteiger charge is -2.21. The van der Waals surface area contributed by atoms with Gasteiger partial charge >= 0.3 is 0 Å². The third kappa shape index (κ3) is 4.31. The van der Waals surface area contributed by atoms with Crippen molar-refractivity contribution in [1.82, 2.24) is 10.2 Å². The van der Waals surface area contributed by atoms with Crippen LogP contribution in [0.25, 0.3) is 11.0 Å². The minimum Gasteiger partial charge on any atom is -0.497 e. The molecule has 3 rings (SSSR count). The standard InChI is InChI=1S/C22H26N2O3/c1-15-18-11-10-17(26-4)14-20(18)27-21(15)22(25)23-19(12-13-24(2)3)16-8-6-5-7-9-16/h5-11,14,19H,12-13H2,1-4H3,(H,23,25). The van der Waals surface area contributed by atoms with Crippen LogP contribution in [0, 0.1) is 6.92 Å². The third-order valence-electron chi connectivity index (χ3n) is 4.72. The van der Waals surface area contributed by atoms with Crippen LogP contribution in [0.4, 0.5) is 0 Å². The number of benzene rings is 2. The van der Waals surface area contributed by atoms with E-state index in [0.29, 0.717) is 17.1 Å². The van der Waals surface area contributed by atoms with Crippen molar-refractivity contribution in [3.8, 4) is 5.75 Å². The molecule has 5 nitrogen and oxygen atoms in total. The Morgan fingerprint density at radius 1 is 1.19 bits per heavy atom. The minimum atomic E-state index is -0.199. The van der Waals surface area contributed by atoms with Crippen LogP contribution in [0.5, 0.6) is 5.75 Å². The molecule has 0 saturated carbocycles. The lowest BCUT2D eigenvalue weighted by molar-refractivity contribution is 0.0906. The van der Waals surface area contributed by atoms with E-state index >= 15 is 0 Å². The maximum Gasteiger partial charge on any atom is 0.287 e. The summed E-state index contributed by atoms with van der Waals surface area (Å²) in [6, 6.07) is 15.6. The Balaban J connectivity index is 1.86. The maximum atomic E-state index is 13.0. The summed E-state index contributed by atoms with van der Waals surface area (Å²) in [5.41, 5.74) is 2.58. The van der Waals surface area contributed by atoms with Gasteiger partial charge in [0.15, 0.2) is 5.76 Å². The fraction of sp³-hybridized carbons (Fsp3) is 0.318. The van der Waals surface area contributed by atoms with E-state index in [-0.39, 0.29) is 11.9 Å². The number of hydrogen-bond donors (Lipinski definition) is 1. The summed E-state index contributed by atoms with van der Waals surface area (Å²) in [7, 11) is 5.67. The molecule has 0 aliphatic rings. The van der Waals surface area contributed by atoms with Crippen LogP contribution in [-0.4, -0.2) is 38.6 Å². The highest BCUT2D eigenvalue weighted by molar-refractivity contribution is 5.99. The molecule has 2 aromatic carbocycles. The molecule has 1 unspecified atom stereocenters. The van der Waals surface area contributed by atoms with Gasteiger partial charge in [0.1, 0.15) is 11.3 Å². The molecule has 0 aliphatic carbocycles. The van der Waals surface area contributed by atoms with Crippen molar-refractivity contribution in [2.45, 2.75) is 19.4 Å². The second kappa shape index (κ2) is 8.27. The van der Waals surface area contributed by atoms with Crippen molar-refractivity contribution in [2.75, 3.05) is 27.7 Å². The van der Waals surface area contributed by atoms with Gasteiger partial charge in [0, 0.05) is 17.0 Å². The van der Waals surface area contributed by atoms with E-state index in [2.05, 4.69) is 10.2 Å². The van der Waals surface area contributed by atoms with E-state index in [1.165, 1.54) is 0 Å². The number of nitrogens with zero attached hydrogens (tertiary/aromatic N) is 1. The molecule has 0 spiro atoms. The topological polar surface area (TPSA) is 54.7 Å². The number of hydrogen-bond acceptors (Lipinski definition) is 4. The van der Waals surface area contributed by atoms with Gasteiger partial charge in [-0.1, -0.05) is 30.3 Å². The zero-order valence-electron chi connectivity index (χ0n) is 16.3. The molecule has 1 heterocycles. The van der Waals surface area contributed by atoms with Crippen LogP contribution in [0.2, 0.25) is 0 Å². The Morgan fingerprint density at radius 3 is 2.59 bits per heavy atom. The first-order valence-electron chi connectivity index (χ1n) is 9.07. The fourth-order valence-electron chi connectivity index (χ4n) is 3.17. The van der Waals surface area contributed by atoms with Crippen LogP contribution >= 0.6 is 0 Å². The van der Waals surface area contributed by atoms with E-state index in [1.807, 2.05) is 63.5 Å². The molecule has 5 heteroatoms. The number of methoxy groups -OCH3 is 1. The lowest BCUT2D eigenvalue weighted by Crippen LogP contribution is -2.31. The largest absolute Gasteiger partial charge is 0.497 e. The second-order valence-electron chi connectivity index (χ2n) is 6.95. The van der Waals surface area contributed by atoms with Gasteiger partial charge in [-0.05, 0) is 51.7 Å². The third-order valence-corrected chi connectivity index (χ3v) is 4.72. The molecule has 0 bridgehead atoms. The van der Waals surface area contributed by atoms with Crippen LogP contribution in [-0.2, 0) is 0 Å². The van der Waals surface area contributed by atoms with Crippen LogP contribution in [0.3, 0.4) is 0 Å². The maximum absolute atomic E-state index is 13.0. The van der Waals surface area contributed by atoms with Gasteiger partial charge < -0.3 is 19.4 Å². The van der Waals surface area contributed by atoms with Crippen LogP contribution in [0.1, 0.15) is 34.1 Å². The van der Waals surface area contributed by atoms with E-state index in [0.717, 1.165) is 29.5 Å². The molecule has 1 aromatic heterocycles. The van der Waals surface area contributed by atoms with Crippen LogP contribution in [0.15, 0.2) is 52.9 Å². The number of nitrogens with one attached hydrogen (secondary N) is 1. The SMILES string of the molecule is COc1ccc2c(C)c(C(=O)NC(CCN(C)C)c3ccccc3)oc2c1. The number of aryl methyl sites for hydroxylation is 1. The number of carbonyl (C=O) groups is 1. The predicted octanol–water partition coefficient (Wildman–Crippen LogP) is 4.17. The molecule has 0 radical (unpaired) electrons. The van der Waals surface area contributed by atoms with E-state index < -0.39 is 0 Å². The zero-order chi connectivity index (χ0) is 19.4. The van der Waals surface area contributed by atoms with E-state index in [1.54, 1.807) is 13.2 Å². The van der Waals surface area contributed by atoms with Crippen molar-refractivity contribution in [3.63, 3.8) is 0 Å². The summed E-state index contributed by atoms with van der Waals surface area (Å²) in [6.07, 6.45) is 0.815. The minimum absolute atomic E-state index is 0.0803. The Kier molecular flexibility index (Phi) is 5.81. The summed E-state index contributed by atoms with van der Waals surface area (Å²) < 4.78 is 11.1. The van der Waals surface area contributed by atoms with Crippen molar-refractivity contribution in [3.05, 3.63) is 65.4 Å². The Labute approximate surface area is 159 Å². The lowest BCUT2D eigenvalue weighted by atomic mass is 10.0. The molecule has 1 atom stereocenters. The van der Waals surface area contributed by atoms with Crippen molar-refractivity contribution in [2.24, 2.45) is 0 Å². The average molecular weight is 366 g/mol. The van der Waals surface area contributed by atoms with Crippen molar-refractivity contribution < 1.29 is 13.9 Å². The molecule has 1 amide bonds. The zero-order valence-corrected chi connectivity index (χ0v) is 16.3. The van der Waals surface area contributed by atoms with E-state index in [4.69, 9.17) is 9.15 Å². The van der Waals surface area contributed by atoms with Gasteiger partial charge in [-0.2, -0.15) is 0 Å². The number of fused-ring (bicyclic) bond motifs is 1. The van der Waals surface area contributed by atoms with E-state index in [9.17, 15) is 4.79 Å². The van der Waals surface area contributed by atoms with Crippen molar-refractivity contribution >= 4 is 16.9 Å². The number of carbonyl (C=O) groups excluding carboxylic acids is 1. The predicted molar refractivity (Wildman–Crippen MR) is 107 cm³/mol. The first kappa shape index (κ1) is 19.0. The van der Waals surface area contributed by atoms with Gasteiger partial charge in [-0.15, -0.1) is 0 Å². The smallest absolute Gasteiger partial charge is 0.287 e. The fourth-order valence-corrected chi connectivity index (χ4v) is 3.17. The molecule has 0 aliphatic heterocycles. The molecule has 0 saturated heterocycles. The first-order valence-corrected chi connectivity index (χ1v) is 9.07. The summed E-state index contributed by atoms with van der Waals surface area (Å²) in [6.45, 7) is 2.78. The Morgan fingerprint density at radius 2 is 1.93 bits per heavy atom. The highest BCUT2D eigenvalue weighted by Crippen LogP contribution is 2.29. The quantitative estimate of drug-likeness (QED) is 0.682. The molecular weight excluding hydrogens is 340 g/mol. The number of amides is 1. The highest BCUT2D eigenvalue weighted by atomic mass is 16.5.